The molecule has 0 bridgehead atoms. The monoisotopic (exact) mass is 260 g/mol. The van der Waals surface area contributed by atoms with E-state index < -0.39 is 0 Å². The molecule has 102 valence electrons. The van der Waals surface area contributed by atoms with Crippen molar-refractivity contribution >= 4 is 0 Å². The van der Waals surface area contributed by atoms with E-state index in [4.69, 9.17) is 15.2 Å². The fourth-order valence-corrected chi connectivity index (χ4v) is 2.91. The second-order valence-electron chi connectivity index (χ2n) is 5.41. The Balaban J connectivity index is 1.88. The summed E-state index contributed by atoms with van der Waals surface area (Å²) in [6.07, 6.45) is 5.41. The van der Waals surface area contributed by atoms with Crippen LogP contribution in [0.15, 0.2) is 30.4 Å². The number of fused-ring (bicyclic) bond motifs is 1. The minimum Gasteiger partial charge on any atom is -0.454 e. The maximum Gasteiger partial charge on any atom is 0.231 e. The summed E-state index contributed by atoms with van der Waals surface area (Å²) in [5.41, 5.74) is 7.67. The van der Waals surface area contributed by atoms with E-state index in [0.29, 0.717) is 12.7 Å². The minimum atomic E-state index is 0.0976. The van der Waals surface area contributed by atoms with E-state index in [-0.39, 0.29) is 12.1 Å². The Bertz CT molecular complexity index is 499. The molecular formula is C15H20N2O2. The third kappa shape index (κ3) is 2.22. The molecule has 1 aromatic carbocycles. The number of nitrogens with zero attached hydrogens (tertiary/aromatic N) is 1. The summed E-state index contributed by atoms with van der Waals surface area (Å²) in [4.78, 5) is 2.17. The van der Waals surface area contributed by atoms with Crippen molar-refractivity contribution in [3.8, 4) is 11.5 Å². The van der Waals surface area contributed by atoms with Crippen molar-refractivity contribution in [2.24, 2.45) is 5.73 Å². The van der Waals surface area contributed by atoms with E-state index in [9.17, 15) is 0 Å². The summed E-state index contributed by atoms with van der Waals surface area (Å²) in [5.74, 6) is 1.99. The van der Waals surface area contributed by atoms with E-state index in [1.165, 1.54) is 5.56 Å². The van der Waals surface area contributed by atoms with E-state index in [2.05, 4.69) is 43.3 Å². The standard InChI is InChI=1S/C15H20N2O2/c1-17(2)12-5-3-4-11(15(12)16)10-6-7-13-14(8-10)19-9-18-13/h3,5-8,11-12,15H,4,9,16H2,1-2H3/t11-,12-,15?/m0/s1. The summed E-state index contributed by atoms with van der Waals surface area (Å²) < 4.78 is 10.8. The Hall–Kier alpha value is -1.52. The molecule has 1 aromatic rings. The van der Waals surface area contributed by atoms with Gasteiger partial charge in [0.25, 0.3) is 0 Å². The zero-order valence-corrected chi connectivity index (χ0v) is 11.4. The number of likely N-dealkylation sites (N-methyl/N-ethyl adjacent to an activating group) is 1. The summed E-state index contributed by atoms with van der Waals surface area (Å²) >= 11 is 0. The third-order valence-corrected chi connectivity index (χ3v) is 4.00. The third-order valence-electron chi connectivity index (χ3n) is 4.00. The highest BCUT2D eigenvalue weighted by Gasteiger charge is 2.30. The lowest BCUT2D eigenvalue weighted by Gasteiger charge is -2.36. The number of hydrogen-bond acceptors (Lipinski definition) is 4. The number of allylic oxidation sites excluding steroid dienone is 1. The molecule has 0 amide bonds. The minimum absolute atomic E-state index is 0.0976. The molecule has 3 rings (SSSR count). The lowest BCUT2D eigenvalue weighted by molar-refractivity contribution is 0.174. The van der Waals surface area contributed by atoms with Crippen molar-refractivity contribution in [1.82, 2.24) is 4.90 Å². The van der Waals surface area contributed by atoms with E-state index in [1.54, 1.807) is 0 Å². The molecule has 1 unspecified atom stereocenters. The van der Waals surface area contributed by atoms with Crippen LogP contribution < -0.4 is 15.2 Å². The predicted molar refractivity (Wildman–Crippen MR) is 74.5 cm³/mol. The molecule has 2 N–H and O–H groups in total. The van der Waals surface area contributed by atoms with Crippen LogP contribution in [-0.2, 0) is 0 Å². The van der Waals surface area contributed by atoms with Crippen molar-refractivity contribution in [2.75, 3.05) is 20.9 Å². The highest BCUT2D eigenvalue weighted by atomic mass is 16.7. The predicted octanol–water partition coefficient (Wildman–Crippen LogP) is 1.72. The largest absolute Gasteiger partial charge is 0.454 e. The lowest BCUT2D eigenvalue weighted by atomic mass is 9.81. The zero-order valence-electron chi connectivity index (χ0n) is 11.4. The van der Waals surface area contributed by atoms with Crippen molar-refractivity contribution in [1.29, 1.82) is 0 Å². The van der Waals surface area contributed by atoms with Crippen molar-refractivity contribution < 1.29 is 9.47 Å². The second kappa shape index (κ2) is 4.87. The summed E-state index contributed by atoms with van der Waals surface area (Å²) in [6, 6.07) is 6.53. The van der Waals surface area contributed by atoms with Gasteiger partial charge in [-0.05, 0) is 38.2 Å². The first kappa shape index (κ1) is 12.5. The van der Waals surface area contributed by atoms with Crippen LogP contribution >= 0.6 is 0 Å². The highest BCUT2D eigenvalue weighted by Crippen LogP contribution is 2.37. The van der Waals surface area contributed by atoms with Crippen LogP contribution in [0, 0.1) is 0 Å². The van der Waals surface area contributed by atoms with Crippen LogP contribution in [0.2, 0.25) is 0 Å². The average Bonchev–Trinajstić information content (AvgIpc) is 2.85. The van der Waals surface area contributed by atoms with Gasteiger partial charge in [-0.3, -0.25) is 0 Å². The Morgan fingerprint density at radius 2 is 2.00 bits per heavy atom. The second-order valence-corrected chi connectivity index (χ2v) is 5.41. The van der Waals surface area contributed by atoms with Gasteiger partial charge in [0.2, 0.25) is 6.79 Å². The van der Waals surface area contributed by atoms with Gasteiger partial charge in [-0.1, -0.05) is 18.2 Å². The molecule has 1 aliphatic heterocycles. The van der Waals surface area contributed by atoms with Gasteiger partial charge in [0.05, 0.1) is 0 Å². The number of nitrogens with two attached hydrogens (primary N) is 1. The maximum absolute atomic E-state index is 6.44. The zero-order chi connectivity index (χ0) is 13.4. The number of hydrogen-bond donors (Lipinski definition) is 1. The first-order chi connectivity index (χ1) is 9.16. The molecule has 0 radical (unpaired) electrons. The fraction of sp³-hybridized carbons (Fsp3) is 0.467. The molecule has 0 aromatic heterocycles. The van der Waals surface area contributed by atoms with Gasteiger partial charge in [0.15, 0.2) is 11.5 Å². The van der Waals surface area contributed by atoms with Crippen molar-refractivity contribution in [2.45, 2.75) is 24.4 Å². The van der Waals surface area contributed by atoms with Crippen LogP contribution in [0.4, 0.5) is 0 Å². The molecule has 1 heterocycles. The Morgan fingerprint density at radius 1 is 1.21 bits per heavy atom. The molecule has 4 nitrogen and oxygen atoms in total. The van der Waals surface area contributed by atoms with Gasteiger partial charge in [-0.25, -0.2) is 0 Å². The van der Waals surface area contributed by atoms with Crippen LogP contribution in [0.3, 0.4) is 0 Å². The Labute approximate surface area is 113 Å². The van der Waals surface area contributed by atoms with Gasteiger partial charge in [-0.2, -0.15) is 0 Å². The number of benzene rings is 1. The molecular weight excluding hydrogens is 240 g/mol. The summed E-state index contributed by atoms with van der Waals surface area (Å²) in [7, 11) is 4.13. The molecule has 19 heavy (non-hydrogen) atoms. The smallest absolute Gasteiger partial charge is 0.231 e. The maximum atomic E-state index is 6.44. The molecule has 0 saturated carbocycles. The van der Waals surface area contributed by atoms with Gasteiger partial charge >= 0.3 is 0 Å². The van der Waals surface area contributed by atoms with E-state index in [1.807, 2.05) is 6.07 Å². The first-order valence-electron chi connectivity index (χ1n) is 6.65. The molecule has 2 aliphatic rings. The van der Waals surface area contributed by atoms with Gasteiger partial charge in [0, 0.05) is 18.0 Å². The molecule has 1 aliphatic carbocycles. The molecule has 0 spiro atoms. The van der Waals surface area contributed by atoms with Crippen LogP contribution in [0.1, 0.15) is 17.9 Å². The number of rotatable bonds is 2. The Morgan fingerprint density at radius 3 is 2.79 bits per heavy atom. The first-order valence-corrected chi connectivity index (χ1v) is 6.65. The normalized spacial score (nSPS) is 28.9. The number of ether oxygens (including phenoxy) is 2. The lowest BCUT2D eigenvalue weighted by Crippen LogP contribution is -2.48. The highest BCUT2D eigenvalue weighted by molar-refractivity contribution is 5.46. The summed E-state index contributed by atoms with van der Waals surface area (Å²) in [6.45, 7) is 0.315. The van der Waals surface area contributed by atoms with Crippen LogP contribution in [-0.4, -0.2) is 37.9 Å². The van der Waals surface area contributed by atoms with Crippen LogP contribution in [0.25, 0.3) is 0 Å². The van der Waals surface area contributed by atoms with E-state index in [0.717, 1.165) is 17.9 Å². The molecule has 3 atom stereocenters. The average molecular weight is 260 g/mol. The molecule has 4 heteroatoms. The Kier molecular flexibility index (Phi) is 3.21. The topological polar surface area (TPSA) is 47.7 Å². The summed E-state index contributed by atoms with van der Waals surface area (Å²) in [5, 5.41) is 0. The van der Waals surface area contributed by atoms with Crippen molar-refractivity contribution in [3.05, 3.63) is 35.9 Å². The van der Waals surface area contributed by atoms with Gasteiger partial charge < -0.3 is 20.1 Å². The fourth-order valence-electron chi connectivity index (χ4n) is 2.91. The SMILES string of the molecule is CN(C)[C@H]1C=CC[C@@H](c2ccc3c(c2)OCO3)C1N. The van der Waals surface area contributed by atoms with Crippen molar-refractivity contribution in [3.63, 3.8) is 0 Å². The van der Waals surface area contributed by atoms with E-state index >= 15 is 0 Å². The molecule has 0 saturated heterocycles. The van der Waals surface area contributed by atoms with Gasteiger partial charge in [0.1, 0.15) is 0 Å². The van der Waals surface area contributed by atoms with Gasteiger partial charge in [-0.15, -0.1) is 0 Å². The van der Waals surface area contributed by atoms with Crippen LogP contribution in [0.5, 0.6) is 11.5 Å². The quantitative estimate of drug-likeness (QED) is 0.822. The molecule has 0 fully saturated rings.